The van der Waals surface area contributed by atoms with Crippen molar-refractivity contribution in [3.05, 3.63) is 35.9 Å². The van der Waals surface area contributed by atoms with E-state index < -0.39 is 0 Å². The molecule has 2 saturated heterocycles. The monoisotopic (exact) mass is 231 g/mol. The van der Waals surface area contributed by atoms with E-state index >= 15 is 0 Å². The van der Waals surface area contributed by atoms with Crippen LogP contribution >= 0.6 is 0 Å². The molecule has 1 aromatic carbocycles. The molecule has 1 N–H and O–H groups in total. The second-order valence-corrected chi connectivity index (χ2v) is 4.70. The Morgan fingerprint density at radius 1 is 1.29 bits per heavy atom. The summed E-state index contributed by atoms with van der Waals surface area (Å²) in [7, 11) is 0. The topological polar surface area (TPSA) is 35.6 Å². The maximum atomic E-state index is 12.2. The molecule has 0 spiro atoms. The van der Waals surface area contributed by atoms with Gasteiger partial charge in [-0.1, -0.05) is 30.3 Å². The van der Waals surface area contributed by atoms with Crippen LogP contribution in [0.4, 0.5) is 0 Å². The fraction of sp³-hybridized carbons (Fsp3) is 0.462. The predicted molar refractivity (Wildman–Crippen MR) is 65.2 cm³/mol. The van der Waals surface area contributed by atoms with Gasteiger partial charge in [-0.25, -0.2) is 0 Å². The molecule has 1 aromatic rings. The Hall–Kier alpha value is -1.39. The maximum absolute atomic E-state index is 12.2. The Morgan fingerprint density at radius 2 is 2.12 bits per heavy atom. The molecule has 1 atom stereocenters. The molecule has 0 aromatic heterocycles. The summed E-state index contributed by atoms with van der Waals surface area (Å²) in [6, 6.07) is 10.2. The van der Waals surface area contributed by atoms with Crippen LogP contribution in [0.1, 0.15) is 5.56 Å². The highest BCUT2D eigenvalue weighted by atomic mass is 16.2. The molecule has 2 aliphatic heterocycles. The Balaban J connectivity index is 1.71. The highest BCUT2D eigenvalue weighted by molar-refractivity contribution is 5.84. The van der Waals surface area contributed by atoms with Crippen LogP contribution in [-0.4, -0.2) is 48.1 Å². The third-order valence-electron chi connectivity index (χ3n) is 3.52. The largest absolute Gasteiger partial charge is 0.324 e. The van der Waals surface area contributed by atoms with E-state index in [0.717, 1.165) is 32.8 Å². The normalized spacial score (nSPS) is 25.1. The van der Waals surface area contributed by atoms with Gasteiger partial charge < -0.3 is 10.2 Å². The summed E-state index contributed by atoms with van der Waals surface area (Å²) >= 11 is 0. The van der Waals surface area contributed by atoms with Crippen LogP contribution in [0.25, 0.3) is 0 Å². The molecule has 1 amide bonds. The highest BCUT2D eigenvalue weighted by Crippen LogP contribution is 2.18. The van der Waals surface area contributed by atoms with E-state index in [1.807, 2.05) is 23.1 Å². The highest BCUT2D eigenvalue weighted by Gasteiger charge is 2.39. The number of amides is 1. The van der Waals surface area contributed by atoms with Gasteiger partial charge in [0.25, 0.3) is 0 Å². The second-order valence-electron chi connectivity index (χ2n) is 4.70. The van der Waals surface area contributed by atoms with Crippen LogP contribution < -0.4 is 5.32 Å². The maximum Gasteiger partial charge on any atom is 0.242 e. The Labute approximate surface area is 101 Å². The van der Waals surface area contributed by atoms with Gasteiger partial charge in [-0.3, -0.25) is 9.69 Å². The van der Waals surface area contributed by atoms with Gasteiger partial charge in [-0.2, -0.15) is 0 Å². The van der Waals surface area contributed by atoms with Crippen molar-refractivity contribution in [1.29, 1.82) is 0 Å². The van der Waals surface area contributed by atoms with Gasteiger partial charge in [0.15, 0.2) is 0 Å². The zero-order valence-corrected chi connectivity index (χ0v) is 9.80. The SMILES string of the molecule is O=C1C2CNCCN2CN1Cc1ccccc1. The summed E-state index contributed by atoms with van der Waals surface area (Å²) in [6.45, 7) is 4.27. The number of hydrogen-bond acceptors (Lipinski definition) is 3. The summed E-state index contributed by atoms with van der Waals surface area (Å²) in [5.41, 5.74) is 1.20. The summed E-state index contributed by atoms with van der Waals surface area (Å²) in [5, 5.41) is 3.28. The first-order valence-corrected chi connectivity index (χ1v) is 6.12. The minimum Gasteiger partial charge on any atom is -0.324 e. The lowest BCUT2D eigenvalue weighted by atomic mass is 10.2. The number of nitrogens with one attached hydrogen (secondary N) is 1. The quantitative estimate of drug-likeness (QED) is 0.793. The molecule has 2 fully saturated rings. The van der Waals surface area contributed by atoms with Gasteiger partial charge >= 0.3 is 0 Å². The molecule has 2 heterocycles. The van der Waals surface area contributed by atoms with Crippen LogP contribution in [0.3, 0.4) is 0 Å². The minimum atomic E-state index is 0.0625. The van der Waals surface area contributed by atoms with Crippen molar-refractivity contribution >= 4 is 5.91 Å². The van der Waals surface area contributed by atoms with Gasteiger partial charge in [-0.15, -0.1) is 0 Å². The number of nitrogens with zero attached hydrogens (tertiary/aromatic N) is 2. The van der Waals surface area contributed by atoms with Crippen LogP contribution in [0, 0.1) is 0 Å². The number of piperazine rings is 1. The number of benzene rings is 1. The van der Waals surface area contributed by atoms with E-state index in [-0.39, 0.29) is 11.9 Å². The van der Waals surface area contributed by atoms with Crippen LogP contribution in [0.5, 0.6) is 0 Å². The van der Waals surface area contributed by atoms with Crippen molar-refractivity contribution < 1.29 is 4.79 Å². The molecule has 0 aliphatic carbocycles. The van der Waals surface area contributed by atoms with Crippen molar-refractivity contribution in [3.63, 3.8) is 0 Å². The van der Waals surface area contributed by atoms with E-state index in [4.69, 9.17) is 0 Å². The van der Waals surface area contributed by atoms with E-state index in [1.54, 1.807) is 0 Å². The van der Waals surface area contributed by atoms with Crippen molar-refractivity contribution in [1.82, 2.24) is 15.1 Å². The molecule has 2 aliphatic rings. The number of rotatable bonds is 2. The Morgan fingerprint density at radius 3 is 2.88 bits per heavy atom. The first-order valence-electron chi connectivity index (χ1n) is 6.12. The van der Waals surface area contributed by atoms with Crippen LogP contribution in [-0.2, 0) is 11.3 Å². The molecule has 17 heavy (non-hydrogen) atoms. The van der Waals surface area contributed by atoms with Crippen molar-refractivity contribution in [2.45, 2.75) is 12.6 Å². The van der Waals surface area contributed by atoms with E-state index in [2.05, 4.69) is 22.3 Å². The van der Waals surface area contributed by atoms with Gasteiger partial charge in [-0.05, 0) is 5.56 Å². The van der Waals surface area contributed by atoms with Crippen molar-refractivity contribution in [3.8, 4) is 0 Å². The number of carbonyl (C=O) groups excluding carboxylic acids is 1. The average molecular weight is 231 g/mol. The van der Waals surface area contributed by atoms with Gasteiger partial charge in [0.05, 0.1) is 6.67 Å². The summed E-state index contributed by atoms with van der Waals surface area (Å²) in [6.07, 6.45) is 0. The summed E-state index contributed by atoms with van der Waals surface area (Å²) < 4.78 is 0. The Kier molecular flexibility index (Phi) is 2.82. The molecule has 0 bridgehead atoms. The van der Waals surface area contributed by atoms with Gasteiger partial charge in [0, 0.05) is 26.2 Å². The zero-order chi connectivity index (χ0) is 11.7. The molecule has 90 valence electrons. The number of fused-ring (bicyclic) bond motifs is 1. The lowest BCUT2D eigenvalue weighted by Gasteiger charge is -2.26. The standard InChI is InChI=1S/C13H17N3O/c17-13-12-8-14-6-7-15(12)10-16(13)9-11-4-2-1-3-5-11/h1-5,12,14H,6-10H2. The minimum absolute atomic E-state index is 0.0625. The fourth-order valence-corrected chi connectivity index (χ4v) is 2.59. The molecular formula is C13H17N3O. The van der Waals surface area contributed by atoms with Gasteiger partial charge in [0.2, 0.25) is 5.91 Å². The van der Waals surface area contributed by atoms with Crippen molar-refractivity contribution in [2.24, 2.45) is 0 Å². The van der Waals surface area contributed by atoms with E-state index in [9.17, 15) is 4.79 Å². The molecule has 0 saturated carbocycles. The van der Waals surface area contributed by atoms with E-state index in [0.29, 0.717) is 0 Å². The fourth-order valence-electron chi connectivity index (χ4n) is 2.59. The van der Waals surface area contributed by atoms with Crippen molar-refractivity contribution in [2.75, 3.05) is 26.3 Å². The third kappa shape index (κ3) is 2.06. The molecule has 4 heteroatoms. The predicted octanol–water partition coefficient (Wildman–Crippen LogP) is 0.260. The Bertz CT molecular complexity index is 406. The lowest BCUT2D eigenvalue weighted by Crippen LogP contribution is -2.50. The number of hydrogen-bond donors (Lipinski definition) is 1. The average Bonchev–Trinajstić information content (AvgIpc) is 2.68. The second kappa shape index (κ2) is 4.47. The molecular weight excluding hydrogens is 214 g/mol. The summed E-state index contributed by atoms with van der Waals surface area (Å²) in [5.74, 6) is 0.265. The molecule has 1 unspecified atom stereocenters. The molecule has 0 radical (unpaired) electrons. The van der Waals surface area contributed by atoms with Gasteiger partial charge in [0.1, 0.15) is 6.04 Å². The van der Waals surface area contributed by atoms with E-state index in [1.165, 1.54) is 5.56 Å². The summed E-state index contributed by atoms with van der Waals surface area (Å²) in [4.78, 5) is 16.4. The molecule has 4 nitrogen and oxygen atoms in total. The van der Waals surface area contributed by atoms with Crippen LogP contribution in [0.15, 0.2) is 30.3 Å². The third-order valence-corrected chi connectivity index (χ3v) is 3.52. The van der Waals surface area contributed by atoms with Crippen LogP contribution in [0.2, 0.25) is 0 Å². The smallest absolute Gasteiger partial charge is 0.242 e. The first-order chi connectivity index (χ1) is 8.34. The lowest BCUT2D eigenvalue weighted by molar-refractivity contribution is -0.129. The zero-order valence-electron chi connectivity index (χ0n) is 9.80. The first kappa shape index (κ1) is 10.7. The number of carbonyl (C=O) groups is 1. The molecule has 3 rings (SSSR count).